The fraction of sp³-hybridized carbons (Fsp3) is 0.357. The molecule has 6 rings (SSSR count). The van der Waals surface area contributed by atoms with Crippen LogP contribution >= 0.6 is 0 Å². The third kappa shape index (κ3) is 4.96. The van der Waals surface area contributed by atoms with E-state index in [-0.39, 0.29) is 18.3 Å². The first kappa shape index (κ1) is 26.7. The average molecular weight is 565 g/mol. The number of benzene rings is 1. The molecule has 0 N–H and O–H groups in total. The molecule has 0 radical (unpaired) electrons. The second-order valence-corrected chi connectivity index (χ2v) is 10.1. The number of amides is 1. The monoisotopic (exact) mass is 564 g/mol. The minimum atomic E-state index is -4.52. The molecule has 1 aliphatic heterocycles. The highest BCUT2D eigenvalue weighted by molar-refractivity contribution is 6.02. The molecule has 1 amide bonds. The lowest BCUT2D eigenvalue weighted by Crippen LogP contribution is -2.46. The van der Waals surface area contributed by atoms with Crippen LogP contribution in [0.2, 0.25) is 0 Å². The summed E-state index contributed by atoms with van der Waals surface area (Å²) in [4.78, 5) is 38.6. The average Bonchev–Trinajstić information content (AvgIpc) is 3.73. The first-order chi connectivity index (χ1) is 19.7. The predicted molar refractivity (Wildman–Crippen MR) is 144 cm³/mol. The molecule has 1 aliphatic carbocycles. The number of halogens is 3. The van der Waals surface area contributed by atoms with Gasteiger partial charge in [-0.15, -0.1) is 0 Å². The summed E-state index contributed by atoms with van der Waals surface area (Å²) in [7, 11) is 3.07. The van der Waals surface area contributed by atoms with E-state index >= 15 is 0 Å². The molecule has 1 fully saturated rings. The first-order valence-corrected chi connectivity index (χ1v) is 13.2. The van der Waals surface area contributed by atoms with Gasteiger partial charge >= 0.3 is 6.18 Å². The van der Waals surface area contributed by atoms with Crippen LogP contribution in [0.5, 0.6) is 5.88 Å². The maximum Gasteiger partial charge on any atom is 0.434 e. The molecule has 0 spiro atoms. The topological polar surface area (TPSA) is 102 Å². The Bertz CT molecular complexity index is 1620. The van der Waals surface area contributed by atoms with Gasteiger partial charge < -0.3 is 19.1 Å². The minimum Gasteiger partial charge on any atom is -0.480 e. The number of alkyl halides is 3. The number of carbonyl (C=O) groups excluding carboxylic acids is 1. The standard InChI is InChI=1S/C28H27F3N8O2/c1-4-39-19-11-32-24(22-23(17-9-10-17)33-15-34-27(22)41-3)36-26(19)38(14-21(39)40)12-16-5-7-18(8-6-16)25-35-20(13-37(25)2)28(29,30)31/h5-8,11,13,15,17H,4,9-10,12,14H2,1-3H3. The number of carbonyl (C=O) groups is 1. The summed E-state index contributed by atoms with van der Waals surface area (Å²) in [5, 5.41) is 0. The van der Waals surface area contributed by atoms with Crippen molar-refractivity contribution in [2.75, 3.05) is 30.0 Å². The highest BCUT2D eigenvalue weighted by Crippen LogP contribution is 2.45. The molecular formula is C28H27F3N8O2. The van der Waals surface area contributed by atoms with E-state index in [1.807, 2.05) is 24.0 Å². The summed E-state index contributed by atoms with van der Waals surface area (Å²) >= 11 is 0. The van der Waals surface area contributed by atoms with Crippen LogP contribution in [0.4, 0.5) is 24.7 Å². The van der Waals surface area contributed by atoms with Crippen molar-refractivity contribution < 1.29 is 22.7 Å². The number of hydrogen-bond donors (Lipinski definition) is 0. The van der Waals surface area contributed by atoms with Crippen molar-refractivity contribution in [3.63, 3.8) is 0 Å². The maximum atomic E-state index is 13.1. The van der Waals surface area contributed by atoms with Crippen molar-refractivity contribution in [2.24, 2.45) is 7.05 Å². The van der Waals surface area contributed by atoms with E-state index in [1.165, 1.54) is 17.9 Å². The molecule has 3 aromatic heterocycles. The Balaban J connectivity index is 1.34. The summed E-state index contributed by atoms with van der Waals surface area (Å²) in [5.74, 6) is 1.84. The number of aromatic nitrogens is 6. The molecule has 4 aromatic rings. The van der Waals surface area contributed by atoms with Crippen molar-refractivity contribution in [3.8, 4) is 28.7 Å². The summed E-state index contributed by atoms with van der Waals surface area (Å²) in [6, 6.07) is 7.08. The summed E-state index contributed by atoms with van der Waals surface area (Å²) in [5.41, 5.74) is 2.55. The number of nitrogens with zero attached hydrogens (tertiary/aromatic N) is 8. The third-order valence-corrected chi connectivity index (χ3v) is 7.26. The quantitative estimate of drug-likeness (QED) is 0.321. The number of fused-ring (bicyclic) bond motifs is 1. The van der Waals surface area contributed by atoms with E-state index < -0.39 is 11.9 Å². The normalized spacial score (nSPS) is 15.3. The zero-order chi connectivity index (χ0) is 28.9. The van der Waals surface area contributed by atoms with Gasteiger partial charge in [-0.25, -0.2) is 24.9 Å². The van der Waals surface area contributed by atoms with Gasteiger partial charge in [0.05, 0.1) is 25.5 Å². The zero-order valence-corrected chi connectivity index (χ0v) is 22.7. The summed E-state index contributed by atoms with van der Waals surface area (Å²) in [6.45, 7) is 2.81. The molecule has 212 valence electrons. The fourth-order valence-electron chi connectivity index (χ4n) is 5.11. The Kier molecular flexibility index (Phi) is 6.59. The van der Waals surface area contributed by atoms with Crippen molar-refractivity contribution in [3.05, 3.63) is 59.9 Å². The van der Waals surface area contributed by atoms with Crippen LogP contribution in [-0.4, -0.2) is 55.6 Å². The van der Waals surface area contributed by atoms with E-state index in [4.69, 9.17) is 9.72 Å². The number of imidazole rings is 1. The number of rotatable bonds is 7. The summed E-state index contributed by atoms with van der Waals surface area (Å²) in [6.07, 6.45) is 1.63. The van der Waals surface area contributed by atoms with E-state index in [2.05, 4.69) is 19.9 Å². The second-order valence-electron chi connectivity index (χ2n) is 10.1. The lowest BCUT2D eigenvalue weighted by molar-refractivity contribution is -0.140. The van der Waals surface area contributed by atoms with Gasteiger partial charge in [0.25, 0.3) is 0 Å². The molecule has 1 saturated carbocycles. The number of hydrogen-bond acceptors (Lipinski definition) is 8. The van der Waals surface area contributed by atoms with Gasteiger partial charge in [-0.2, -0.15) is 13.2 Å². The van der Waals surface area contributed by atoms with Crippen LogP contribution in [0.1, 0.15) is 42.6 Å². The van der Waals surface area contributed by atoms with Gasteiger partial charge in [0, 0.05) is 37.8 Å². The van der Waals surface area contributed by atoms with Gasteiger partial charge in [-0.1, -0.05) is 24.3 Å². The Morgan fingerprint density at radius 1 is 1.07 bits per heavy atom. The largest absolute Gasteiger partial charge is 0.480 e. The number of anilines is 2. The molecule has 41 heavy (non-hydrogen) atoms. The van der Waals surface area contributed by atoms with Crippen LogP contribution in [0.25, 0.3) is 22.8 Å². The maximum absolute atomic E-state index is 13.1. The van der Waals surface area contributed by atoms with E-state index in [1.54, 1.807) is 30.3 Å². The molecule has 13 heteroatoms. The van der Waals surface area contributed by atoms with E-state index in [9.17, 15) is 18.0 Å². The van der Waals surface area contributed by atoms with Gasteiger partial charge in [0.1, 0.15) is 23.4 Å². The second kappa shape index (κ2) is 10.1. The van der Waals surface area contributed by atoms with Crippen LogP contribution in [0, 0.1) is 0 Å². The Morgan fingerprint density at radius 2 is 1.83 bits per heavy atom. The van der Waals surface area contributed by atoms with Gasteiger partial charge in [-0.05, 0) is 25.3 Å². The summed E-state index contributed by atoms with van der Waals surface area (Å²) < 4.78 is 46.3. The fourth-order valence-corrected chi connectivity index (χ4v) is 5.11. The number of aryl methyl sites for hydroxylation is 1. The number of methoxy groups -OCH3 is 1. The smallest absolute Gasteiger partial charge is 0.434 e. The predicted octanol–water partition coefficient (Wildman–Crippen LogP) is 4.61. The Hall–Kier alpha value is -4.55. The van der Waals surface area contributed by atoms with Gasteiger partial charge in [0.2, 0.25) is 11.8 Å². The minimum absolute atomic E-state index is 0.0834. The van der Waals surface area contributed by atoms with Gasteiger partial charge in [0.15, 0.2) is 17.3 Å². The van der Waals surface area contributed by atoms with Crippen LogP contribution in [0.15, 0.2) is 43.0 Å². The molecule has 4 heterocycles. The molecule has 1 aromatic carbocycles. The van der Waals surface area contributed by atoms with Crippen LogP contribution < -0.4 is 14.5 Å². The van der Waals surface area contributed by atoms with Crippen molar-refractivity contribution in [1.29, 1.82) is 0 Å². The Morgan fingerprint density at radius 3 is 2.46 bits per heavy atom. The van der Waals surface area contributed by atoms with Crippen molar-refractivity contribution in [1.82, 2.24) is 29.5 Å². The molecular weight excluding hydrogens is 537 g/mol. The lowest BCUT2D eigenvalue weighted by Gasteiger charge is -2.35. The number of ether oxygens (including phenoxy) is 1. The Labute approximate surface area is 233 Å². The van der Waals surface area contributed by atoms with E-state index in [0.717, 1.165) is 30.3 Å². The first-order valence-electron chi connectivity index (χ1n) is 13.2. The highest BCUT2D eigenvalue weighted by Gasteiger charge is 2.36. The molecule has 0 bridgehead atoms. The lowest BCUT2D eigenvalue weighted by atomic mass is 10.1. The zero-order valence-electron chi connectivity index (χ0n) is 22.7. The van der Waals surface area contributed by atoms with Crippen LogP contribution in [0.3, 0.4) is 0 Å². The molecule has 0 saturated heterocycles. The van der Waals surface area contributed by atoms with Crippen LogP contribution in [-0.2, 0) is 24.6 Å². The van der Waals surface area contributed by atoms with Crippen molar-refractivity contribution >= 4 is 17.4 Å². The SMILES string of the molecule is CCN1C(=O)CN(Cc2ccc(-c3nc(C(F)(F)F)cn3C)cc2)c2nc(-c3c(OC)ncnc3C3CC3)ncc21. The van der Waals surface area contributed by atoms with Crippen molar-refractivity contribution in [2.45, 2.75) is 38.4 Å². The molecule has 0 atom stereocenters. The highest BCUT2D eigenvalue weighted by atomic mass is 19.4. The molecule has 0 unspecified atom stereocenters. The third-order valence-electron chi connectivity index (χ3n) is 7.26. The number of likely N-dealkylation sites (N-methyl/N-ethyl adjacent to an activating group) is 1. The van der Waals surface area contributed by atoms with Gasteiger partial charge in [-0.3, -0.25) is 4.79 Å². The molecule has 10 nitrogen and oxygen atoms in total. The molecule has 2 aliphatic rings. The van der Waals surface area contributed by atoms with E-state index in [0.29, 0.717) is 53.3 Å².